The maximum absolute atomic E-state index is 12.5. The van der Waals surface area contributed by atoms with Crippen molar-refractivity contribution in [3.8, 4) is 5.75 Å². The number of hydrogen-bond donors (Lipinski definition) is 0. The molecule has 0 saturated carbocycles. The second-order valence-corrected chi connectivity index (χ2v) is 7.28. The number of fused-ring (bicyclic) bond motifs is 1. The average molecular weight is 435 g/mol. The Morgan fingerprint density at radius 2 is 1.76 bits per heavy atom. The van der Waals surface area contributed by atoms with Gasteiger partial charge in [-0.25, -0.2) is 4.79 Å². The van der Waals surface area contributed by atoms with E-state index in [1.54, 1.807) is 6.92 Å². The van der Waals surface area contributed by atoms with Crippen molar-refractivity contribution < 1.29 is 24.2 Å². The number of carbonyl (C=O) groups excluding carboxylic acids is 2. The fourth-order valence-electron chi connectivity index (χ4n) is 2.55. The Bertz CT molecular complexity index is 1190. The molecule has 29 heavy (non-hydrogen) atoms. The fourth-order valence-corrected chi connectivity index (χ4v) is 3.72. The van der Waals surface area contributed by atoms with Crippen LogP contribution in [-0.4, -0.2) is 21.6 Å². The first kappa shape index (κ1) is 20.4. The number of nitro benzene ring substituents is 2. The van der Waals surface area contributed by atoms with E-state index in [-0.39, 0.29) is 33.3 Å². The summed E-state index contributed by atoms with van der Waals surface area (Å²) >= 11 is 7.17. The summed E-state index contributed by atoms with van der Waals surface area (Å²) in [6.45, 7) is 1.57. The summed E-state index contributed by atoms with van der Waals surface area (Å²) in [5.74, 6) is -1.61. The van der Waals surface area contributed by atoms with Crippen molar-refractivity contribution in [3.05, 3.63) is 72.1 Å². The van der Waals surface area contributed by atoms with Gasteiger partial charge in [0.25, 0.3) is 11.4 Å². The van der Waals surface area contributed by atoms with Gasteiger partial charge in [-0.15, -0.1) is 11.3 Å². The van der Waals surface area contributed by atoms with Crippen LogP contribution in [0.1, 0.15) is 33.4 Å². The lowest BCUT2D eigenvalue weighted by Crippen LogP contribution is -2.09. The van der Waals surface area contributed by atoms with Crippen molar-refractivity contribution >= 4 is 56.2 Å². The largest absolute Gasteiger partial charge is 0.420 e. The van der Waals surface area contributed by atoms with Crippen LogP contribution < -0.4 is 4.74 Å². The zero-order valence-corrected chi connectivity index (χ0v) is 16.3. The van der Waals surface area contributed by atoms with Crippen LogP contribution in [0.25, 0.3) is 10.1 Å². The van der Waals surface area contributed by atoms with Crippen molar-refractivity contribution in [2.45, 2.75) is 13.3 Å². The Morgan fingerprint density at radius 1 is 1.07 bits per heavy atom. The van der Waals surface area contributed by atoms with Gasteiger partial charge in [-0.1, -0.05) is 18.5 Å². The number of rotatable bonds is 6. The van der Waals surface area contributed by atoms with E-state index < -0.39 is 27.3 Å². The summed E-state index contributed by atoms with van der Waals surface area (Å²) in [4.78, 5) is 45.4. The van der Waals surface area contributed by atoms with Crippen LogP contribution in [0.3, 0.4) is 0 Å². The lowest BCUT2D eigenvalue weighted by molar-refractivity contribution is -0.385. The summed E-state index contributed by atoms with van der Waals surface area (Å²) in [5.41, 5.74) is -0.682. The molecule has 9 nitrogen and oxygen atoms in total. The van der Waals surface area contributed by atoms with E-state index in [0.29, 0.717) is 10.1 Å². The zero-order valence-electron chi connectivity index (χ0n) is 14.7. The normalized spacial score (nSPS) is 10.7. The summed E-state index contributed by atoms with van der Waals surface area (Å²) in [6, 6.07) is 7.55. The van der Waals surface area contributed by atoms with Gasteiger partial charge in [-0.2, -0.15) is 0 Å². The minimum absolute atomic E-state index is 0.0589. The van der Waals surface area contributed by atoms with E-state index in [0.717, 1.165) is 23.5 Å². The Balaban J connectivity index is 1.99. The summed E-state index contributed by atoms with van der Waals surface area (Å²) in [7, 11) is 0. The van der Waals surface area contributed by atoms with Crippen LogP contribution in [0.4, 0.5) is 11.4 Å². The van der Waals surface area contributed by atoms with E-state index in [9.17, 15) is 29.8 Å². The van der Waals surface area contributed by atoms with Crippen LogP contribution in [0.2, 0.25) is 5.02 Å². The molecule has 1 heterocycles. The Hall–Kier alpha value is -3.37. The number of nitrogens with zero attached hydrogens (tertiary/aromatic N) is 2. The molecular weight excluding hydrogens is 424 g/mol. The van der Waals surface area contributed by atoms with Gasteiger partial charge in [-0.3, -0.25) is 25.0 Å². The first-order valence-corrected chi connectivity index (χ1v) is 9.32. The van der Waals surface area contributed by atoms with Crippen LogP contribution in [0.5, 0.6) is 5.75 Å². The molecule has 0 radical (unpaired) electrons. The Kier molecular flexibility index (Phi) is 5.57. The Labute approximate surface area is 171 Å². The number of hydrogen-bond acceptors (Lipinski definition) is 8. The quantitative estimate of drug-likeness (QED) is 0.172. The SMILES string of the molecule is CCC(=O)c1cc([N+](=O)[O-])cc(OC(=O)c2cc3cc([N+](=O)[O-])ccc3s2)c1Cl. The van der Waals surface area contributed by atoms with Gasteiger partial charge in [0.15, 0.2) is 11.5 Å². The number of non-ortho nitro benzene ring substituents is 2. The molecule has 3 aromatic rings. The molecule has 11 heteroatoms. The van der Waals surface area contributed by atoms with Crippen LogP contribution >= 0.6 is 22.9 Å². The summed E-state index contributed by atoms with van der Waals surface area (Å²) in [6.07, 6.45) is 0.0589. The number of esters is 1. The topological polar surface area (TPSA) is 130 Å². The van der Waals surface area contributed by atoms with Gasteiger partial charge in [0.05, 0.1) is 20.9 Å². The van der Waals surface area contributed by atoms with Gasteiger partial charge in [0.2, 0.25) is 0 Å². The summed E-state index contributed by atoms with van der Waals surface area (Å²) < 4.78 is 5.83. The van der Waals surface area contributed by atoms with E-state index >= 15 is 0 Å². The summed E-state index contributed by atoms with van der Waals surface area (Å²) in [5, 5.41) is 22.3. The molecule has 3 rings (SSSR count). The number of halogens is 1. The van der Waals surface area contributed by atoms with E-state index in [4.69, 9.17) is 16.3 Å². The van der Waals surface area contributed by atoms with Crippen molar-refractivity contribution in [2.24, 2.45) is 0 Å². The lowest BCUT2D eigenvalue weighted by Gasteiger charge is -2.09. The van der Waals surface area contributed by atoms with Gasteiger partial charge in [0, 0.05) is 40.3 Å². The highest BCUT2D eigenvalue weighted by Crippen LogP contribution is 2.35. The third-order valence-electron chi connectivity index (χ3n) is 3.97. The highest BCUT2D eigenvalue weighted by Gasteiger charge is 2.23. The second kappa shape index (κ2) is 7.94. The predicted molar refractivity (Wildman–Crippen MR) is 106 cm³/mol. The molecular formula is C18H11ClN2O7S. The number of ether oxygens (including phenoxy) is 1. The molecule has 0 bridgehead atoms. The van der Waals surface area contributed by atoms with Gasteiger partial charge in [-0.05, 0) is 12.1 Å². The average Bonchev–Trinajstić information content (AvgIpc) is 3.12. The molecule has 1 aromatic heterocycles. The third kappa shape index (κ3) is 4.08. The monoisotopic (exact) mass is 434 g/mol. The number of nitro groups is 2. The van der Waals surface area contributed by atoms with Crippen LogP contribution in [0.15, 0.2) is 36.4 Å². The number of Topliss-reactive ketones (excluding diaryl/α,β-unsaturated/α-hetero) is 1. The van der Waals surface area contributed by atoms with E-state index in [1.807, 2.05) is 0 Å². The molecule has 148 valence electrons. The molecule has 2 aromatic carbocycles. The first-order valence-electron chi connectivity index (χ1n) is 8.12. The van der Waals surface area contributed by atoms with Crippen molar-refractivity contribution in [2.75, 3.05) is 0 Å². The van der Waals surface area contributed by atoms with Crippen molar-refractivity contribution in [3.63, 3.8) is 0 Å². The molecule has 0 aliphatic carbocycles. The second-order valence-electron chi connectivity index (χ2n) is 5.82. The first-order chi connectivity index (χ1) is 13.7. The highest BCUT2D eigenvalue weighted by molar-refractivity contribution is 7.20. The third-order valence-corrected chi connectivity index (χ3v) is 5.46. The van der Waals surface area contributed by atoms with Crippen molar-refractivity contribution in [1.29, 1.82) is 0 Å². The van der Waals surface area contributed by atoms with Gasteiger partial charge >= 0.3 is 5.97 Å². The lowest BCUT2D eigenvalue weighted by atomic mass is 10.1. The van der Waals surface area contributed by atoms with E-state index in [1.165, 1.54) is 24.3 Å². The van der Waals surface area contributed by atoms with Gasteiger partial charge < -0.3 is 4.74 Å². The molecule has 0 saturated heterocycles. The molecule has 0 aliphatic rings. The molecule has 0 aliphatic heterocycles. The molecule has 0 unspecified atom stereocenters. The fraction of sp³-hybridized carbons (Fsp3) is 0.111. The molecule has 0 N–H and O–H groups in total. The molecule has 0 atom stereocenters. The Morgan fingerprint density at radius 3 is 2.38 bits per heavy atom. The zero-order chi connectivity index (χ0) is 21.3. The van der Waals surface area contributed by atoms with Crippen LogP contribution in [0, 0.1) is 20.2 Å². The maximum atomic E-state index is 12.5. The van der Waals surface area contributed by atoms with Crippen LogP contribution in [-0.2, 0) is 0 Å². The number of ketones is 1. The minimum atomic E-state index is -0.855. The number of carbonyl (C=O) groups is 2. The maximum Gasteiger partial charge on any atom is 0.353 e. The predicted octanol–water partition coefficient (Wildman–Crippen LogP) is 5.18. The minimum Gasteiger partial charge on any atom is -0.420 e. The highest BCUT2D eigenvalue weighted by atomic mass is 35.5. The number of thiophene rings is 1. The molecule has 0 fully saturated rings. The smallest absolute Gasteiger partial charge is 0.353 e. The van der Waals surface area contributed by atoms with Gasteiger partial charge in [0.1, 0.15) is 4.88 Å². The van der Waals surface area contributed by atoms with E-state index in [2.05, 4.69) is 0 Å². The molecule has 0 spiro atoms. The standard InChI is InChI=1S/C18H11ClN2O7S/c1-2-13(22)12-7-11(21(26)27)8-14(17(12)19)28-18(23)16-6-9-5-10(20(24)25)3-4-15(9)29-16/h3-8H,2H2,1H3. The van der Waals surface area contributed by atoms with Crippen molar-refractivity contribution in [1.82, 2.24) is 0 Å². The number of benzene rings is 2. The molecule has 0 amide bonds.